The molecule has 0 aliphatic carbocycles. The minimum Gasteiger partial charge on any atom is -0.340 e. The third-order valence-corrected chi connectivity index (χ3v) is 4.36. The van der Waals surface area contributed by atoms with Crippen LogP contribution in [0.4, 0.5) is 0 Å². The van der Waals surface area contributed by atoms with E-state index >= 15 is 0 Å². The first-order valence-corrected chi connectivity index (χ1v) is 7.52. The molecule has 1 aromatic rings. The van der Waals surface area contributed by atoms with Crippen LogP contribution in [0.5, 0.6) is 0 Å². The molecule has 4 nitrogen and oxygen atoms in total. The highest BCUT2D eigenvalue weighted by molar-refractivity contribution is 9.10. The van der Waals surface area contributed by atoms with E-state index < -0.39 is 0 Å². The highest BCUT2D eigenvalue weighted by Gasteiger charge is 2.36. The lowest BCUT2D eigenvalue weighted by atomic mass is 9.90. The molecular weight excluding hydrogens is 306 g/mol. The molecule has 2 N–H and O–H groups in total. The Balaban J connectivity index is 2.22. The van der Waals surface area contributed by atoms with E-state index in [-0.39, 0.29) is 17.4 Å². The standard InChI is InChI=1S/C14H22BrN3O/c1-10(2)18-7-11(15)6-12(18)13(19)17-5-4-14(3,8-16)9-17/h6-7,10H,4-5,8-9,16H2,1-3H3. The molecule has 0 aromatic carbocycles. The zero-order valence-electron chi connectivity index (χ0n) is 11.8. The van der Waals surface area contributed by atoms with Gasteiger partial charge in [0.05, 0.1) is 0 Å². The quantitative estimate of drug-likeness (QED) is 0.927. The number of aromatic nitrogens is 1. The first-order valence-electron chi connectivity index (χ1n) is 6.73. The number of likely N-dealkylation sites (tertiary alicyclic amines) is 1. The fourth-order valence-electron chi connectivity index (χ4n) is 2.57. The van der Waals surface area contributed by atoms with Crippen molar-refractivity contribution in [1.29, 1.82) is 0 Å². The molecular formula is C14H22BrN3O. The number of halogens is 1. The number of carbonyl (C=O) groups is 1. The summed E-state index contributed by atoms with van der Waals surface area (Å²) >= 11 is 3.45. The molecule has 2 heterocycles. The Labute approximate surface area is 123 Å². The van der Waals surface area contributed by atoms with Crippen LogP contribution in [0, 0.1) is 5.41 Å². The van der Waals surface area contributed by atoms with E-state index in [1.165, 1.54) is 0 Å². The maximum atomic E-state index is 12.6. The predicted molar refractivity (Wildman–Crippen MR) is 80.2 cm³/mol. The fourth-order valence-corrected chi connectivity index (χ4v) is 3.01. The third-order valence-electron chi connectivity index (χ3n) is 3.93. The van der Waals surface area contributed by atoms with Gasteiger partial charge in [-0.1, -0.05) is 6.92 Å². The molecule has 0 radical (unpaired) electrons. The van der Waals surface area contributed by atoms with Gasteiger partial charge in [-0.25, -0.2) is 0 Å². The summed E-state index contributed by atoms with van der Waals surface area (Å²) in [5.74, 6) is 0.108. The van der Waals surface area contributed by atoms with Gasteiger partial charge in [-0.2, -0.15) is 0 Å². The zero-order valence-corrected chi connectivity index (χ0v) is 13.4. The van der Waals surface area contributed by atoms with Crippen molar-refractivity contribution in [2.45, 2.75) is 33.2 Å². The Morgan fingerprint density at radius 1 is 1.58 bits per heavy atom. The van der Waals surface area contributed by atoms with E-state index in [0.29, 0.717) is 6.54 Å². The number of nitrogens with two attached hydrogens (primary N) is 1. The summed E-state index contributed by atoms with van der Waals surface area (Å²) in [5.41, 5.74) is 6.63. The molecule has 1 saturated heterocycles. The Bertz CT molecular complexity index is 483. The van der Waals surface area contributed by atoms with Crippen LogP contribution in [0.3, 0.4) is 0 Å². The van der Waals surface area contributed by atoms with E-state index in [9.17, 15) is 4.79 Å². The molecule has 1 fully saturated rings. The molecule has 1 unspecified atom stereocenters. The fraction of sp³-hybridized carbons (Fsp3) is 0.643. The van der Waals surface area contributed by atoms with Crippen LogP contribution in [0.25, 0.3) is 0 Å². The summed E-state index contributed by atoms with van der Waals surface area (Å²) in [6.07, 6.45) is 2.95. The third kappa shape index (κ3) is 2.87. The largest absolute Gasteiger partial charge is 0.340 e. The van der Waals surface area contributed by atoms with Gasteiger partial charge in [-0.15, -0.1) is 0 Å². The normalized spacial score (nSPS) is 23.4. The van der Waals surface area contributed by atoms with Crippen molar-refractivity contribution >= 4 is 21.8 Å². The number of rotatable bonds is 3. The van der Waals surface area contributed by atoms with Crippen LogP contribution < -0.4 is 5.73 Å². The van der Waals surface area contributed by atoms with Crippen molar-refractivity contribution in [3.05, 3.63) is 22.4 Å². The topological polar surface area (TPSA) is 51.3 Å². The smallest absolute Gasteiger partial charge is 0.270 e. The number of amides is 1. The van der Waals surface area contributed by atoms with Crippen molar-refractivity contribution in [3.63, 3.8) is 0 Å². The van der Waals surface area contributed by atoms with Gasteiger partial charge in [0, 0.05) is 29.8 Å². The Hall–Kier alpha value is -0.810. The van der Waals surface area contributed by atoms with Crippen LogP contribution in [-0.2, 0) is 0 Å². The highest BCUT2D eigenvalue weighted by atomic mass is 79.9. The maximum Gasteiger partial charge on any atom is 0.270 e. The molecule has 1 aromatic heterocycles. The average molecular weight is 328 g/mol. The van der Waals surface area contributed by atoms with Gasteiger partial charge in [-0.3, -0.25) is 4.79 Å². The van der Waals surface area contributed by atoms with Crippen LogP contribution >= 0.6 is 15.9 Å². The minimum absolute atomic E-state index is 0.0716. The van der Waals surface area contributed by atoms with Gasteiger partial charge < -0.3 is 15.2 Å². The van der Waals surface area contributed by atoms with Gasteiger partial charge in [0.15, 0.2) is 0 Å². The monoisotopic (exact) mass is 327 g/mol. The van der Waals surface area contributed by atoms with E-state index in [1.54, 1.807) is 0 Å². The summed E-state index contributed by atoms with van der Waals surface area (Å²) in [4.78, 5) is 14.6. The molecule has 1 atom stereocenters. The summed E-state index contributed by atoms with van der Waals surface area (Å²) in [6.45, 7) is 8.49. The van der Waals surface area contributed by atoms with E-state index in [0.717, 1.165) is 29.7 Å². The molecule has 0 bridgehead atoms. The number of hydrogen-bond donors (Lipinski definition) is 1. The van der Waals surface area contributed by atoms with Crippen molar-refractivity contribution in [1.82, 2.24) is 9.47 Å². The molecule has 0 spiro atoms. The summed E-state index contributed by atoms with van der Waals surface area (Å²) in [7, 11) is 0. The number of hydrogen-bond acceptors (Lipinski definition) is 2. The summed E-state index contributed by atoms with van der Waals surface area (Å²) < 4.78 is 2.97. The van der Waals surface area contributed by atoms with E-state index in [1.807, 2.05) is 21.7 Å². The Morgan fingerprint density at radius 3 is 2.79 bits per heavy atom. The van der Waals surface area contributed by atoms with Crippen LogP contribution in [0.1, 0.15) is 43.7 Å². The Morgan fingerprint density at radius 2 is 2.26 bits per heavy atom. The Kier molecular flexibility index (Phi) is 4.06. The van der Waals surface area contributed by atoms with Gasteiger partial charge in [-0.05, 0) is 54.2 Å². The first-order chi connectivity index (χ1) is 8.86. The second kappa shape index (κ2) is 5.29. The molecule has 5 heteroatoms. The van der Waals surface area contributed by atoms with Gasteiger partial charge in [0.2, 0.25) is 0 Å². The predicted octanol–water partition coefficient (Wildman–Crippen LogP) is 2.64. The average Bonchev–Trinajstić information content (AvgIpc) is 2.93. The van der Waals surface area contributed by atoms with Crippen LogP contribution in [0.2, 0.25) is 0 Å². The minimum atomic E-state index is 0.0716. The molecule has 106 valence electrons. The maximum absolute atomic E-state index is 12.6. The molecule has 1 amide bonds. The second-order valence-electron chi connectivity index (χ2n) is 6.04. The summed E-state index contributed by atoms with van der Waals surface area (Å²) in [6, 6.07) is 2.18. The lowest BCUT2D eigenvalue weighted by Gasteiger charge is -2.23. The van der Waals surface area contributed by atoms with Crippen molar-refractivity contribution in [3.8, 4) is 0 Å². The van der Waals surface area contributed by atoms with Crippen LogP contribution in [0.15, 0.2) is 16.7 Å². The highest BCUT2D eigenvalue weighted by Crippen LogP contribution is 2.30. The molecule has 19 heavy (non-hydrogen) atoms. The molecule has 0 saturated carbocycles. The second-order valence-corrected chi connectivity index (χ2v) is 6.95. The number of carbonyl (C=O) groups excluding carboxylic acids is 1. The van der Waals surface area contributed by atoms with Crippen molar-refractivity contribution in [2.75, 3.05) is 19.6 Å². The first kappa shape index (κ1) is 14.6. The molecule has 1 aliphatic heterocycles. The van der Waals surface area contributed by atoms with Crippen LogP contribution in [-0.4, -0.2) is 35.0 Å². The lowest BCUT2D eigenvalue weighted by molar-refractivity contribution is 0.0764. The van der Waals surface area contributed by atoms with Gasteiger partial charge >= 0.3 is 0 Å². The van der Waals surface area contributed by atoms with Crippen molar-refractivity contribution in [2.24, 2.45) is 11.1 Å². The van der Waals surface area contributed by atoms with E-state index in [4.69, 9.17) is 5.73 Å². The van der Waals surface area contributed by atoms with E-state index in [2.05, 4.69) is 36.7 Å². The van der Waals surface area contributed by atoms with Crippen molar-refractivity contribution < 1.29 is 4.79 Å². The lowest BCUT2D eigenvalue weighted by Crippen LogP contribution is -2.35. The number of nitrogens with zero attached hydrogens (tertiary/aromatic N) is 2. The van der Waals surface area contributed by atoms with Gasteiger partial charge in [0.1, 0.15) is 5.69 Å². The van der Waals surface area contributed by atoms with Gasteiger partial charge in [0.25, 0.3) is 5.91 Å². The zero-order chi connectivity index (χ0) is 14.2. The summed E-state index contributed by atoms with van der Waals surface area (Å²) in [5, 5.41) is 0. The molecule has 2 rings (SSSR count). The SMILES string of the molecule is CC(C)n1cc(Br)cc1C(=O)N1CCC(C)(CN)C1. The molecule has 1 aliphatic rings.